The summed E-state index contributed by atoms with van der Waals surface area (Å²) in [6.45, 7) is 1.87. The third-order valence-corrected chi connectivity index (χ3v) is 4.85. The number of ether oxygens (including phenoxy) is 1. The second kappa shape index (κ2) is 9.03. The number of aromatic amines is 1. The fraction of sp³-hybridized carbons (Fsp3) is 0.238. The molecule has 0 aliphatic carbocycles. The molecule has 146 valence electrons. The van der Waals surface area contributed by atoms with E-state index in [1.165, 1.54) is 6.92 Å². The van der Waals surface area contributed by atoms with E-state index in [1.54, 1.807) is 7.11 Å². The Kier molecular flexibility index (Phi) is 6.49. The van der Waals surface area contributed by atoms with Crippen LogP contribution in [0.1, 0.15) is 18.1 Å². The lowest BCUT2D eigenvalue weighted by Gasteiger charge is -2.18. The molecule has 0 unspecified atom stereocenters. The number of halogens is 1. The first kappa shape index (κ1) is 20.1. The summed E-state index contributed by atoms with van der Waals surface area (Å²) in [6.07, 6.45) is 2.25. The van der Waals surface area contributed by atoms with Gasteiger partial charge in [-0.1, -0.05) is 28.1 Å². The molecule has 28 heavy (non-hydrogen) atoms. The van der Waals surface area contributed by atoms with Crippen LogP contribution in [0.4, 0.5) is 5.69 Å². The lowest BCUT2D eigenvalue weighted by molar-refractivity contribution is -0.125. The van der Waals surface area contributed by atoms with Crippen LogP contribution in [0.3, 0.4) is 0 Å². The van der Waals surface area contributed by atoms with Crippen molar-refractivity contribution in [2.75, 3.05) is 12.4 Å². The highest BCUT2D eigenvalue weighted by Gasteiger charge is 2.22. The molecular formula is C21H22BrN3O3. The number of rotatable bonds is 7. The number of nitrogens with one attached hydrogen (secondary N) is 3. The lowest BCUT2D eigenvalue weighted by Crippen LogP contribution is -2.44. The van der Waals surface area contributed by atoms with Crippen LogP contribution in [-0.2, 0) is 27.4 Å². The Morgan fingerprint density at radius 1 is 1.21 bits per heavy atom. The Labute approximate surface area is 171 Å². The largest absolute Gasteiger partial charge is 0.380 e. The molecule has 0 saturated heterocycles. The van der Waals surface area contributed by atoms with Crippen molar-refractivity contribution in [2.45, 2.75) is 26.0 Å². The number of methoxy groups -OCH3 is 1. The van der Waals surface area contributed by atoms with Gasteiger partial charge in [-0.2, -0.15) is 0 Å². The summed E-state index contributed by atoms with van der Waals surface area (Å²) in [5.41, 5.74) is 3.56. The fourth-order valence-electron chi connectivity index (χ4n) is 3.13. The number of benzene rings is 2. The molecule has 1 heterocycles. The van der Waals surface area contributed by atoms with Crippen LogP contribution in [0.25, 0.3) is 10.9 Å². The van der Waals surface area contributed by atoms with Crippen molar-refractivity contribution in [3.63, 3.8) is 0 Å². The predicted molar refractivity (Wildman–Crippen MR) is 113 cm³/mol. The van der Waals surface area contributed by atoms with Gasteiger partial charge in [-0.3, -0.25) is 9.59 Å². The van der Waals surface area contributed by atoms with E-state index in [4.69, 9.17) is 4.74 Å². The summed E-state index contributed by atoms with van der Waals surface area (Å²) in [5, 5.41) is 6.66. The first-order valence-corrected chi connectivity index (χ1v) is 9.67. The maximum atomic E-state index is 12.9. The van der Waals surface area contributed by atoms with Crippen molar-refractivity contribution in [3.05, 3.63) is 64.3 Å². The molecule has 3 N–H and O–H groups in total. The zero-order chi connectivity index (χ0) is 20.1. The molecule has 1 atom stereocenters. The van der Waals surface area contributed by atoms with Gasteiger partial charge in [0.1, 0.15) is 6.04 Å². The second-order valence-electron chi connectivity index (χ2n) is 6.58. The molecule has 3 rings (SSSR count). The third-order valence-electron chi connectivity index (χ3n) is 4.35. The average molecular weight is 444 g/mol. The van der Waals surface area contributed by atoms with E-state index >= 15 is 0 Å². The Bertz CT molecular complexity index is 999. The standard InChI is InChI=1S/C21H22BrN3O3/c1-13(26)24-20(9-15-11-23-19-7-6-16(22)10-18(15)19)21(27)25-17-5-3-4-14(8-17)12-28-2/h3-8,10-11,20,23H,9,12H2,1-2H3,(H,24,26)(H,25,27)/t20-/m0/s1. The number of amides is 2. The van der Waals surface area contributed by atoms with E-state index in [2.05, 4.69) is 31.5 Å². The molecule has 0 aliphatic heterocycles. The summed E-state index contributed by atoms with van der Waals surface area (Å²) in [4.78, 5) is 27.7. The first-order valence-electron chi connectivity index (χ1n) is 8.87. The zero-order valence-electron chi connectivity index (χ0n) is 15.7. The van der Waals surface area contributed by atoms with Gasteiger partial charge in [-0.15, -0.1) is 0 Å². The van der Waals surface area contributed by atoms with E-state index in [0.29, 0.717) is 18.7 Å². The van der Waals surface area contributed by atoms with E-state index in [0.717, 1.165) is 26.5 Å². The summed E-state index contributed by atoms with van der Waals surface area (Å²) in [6, 6.07) is 12.7. The molecule has 2 aromatic carbocycles. The third kappa shape index (κ3) is 4.99. The number of fused-ring (bicyclic) bond motifs is 1. The van der Waals surface area contributed by atoms with E-state index in [1.807, 2.05) is 48.7 Å². The fourth-order valence-corrected chi connectivity index (χ4v) is 3.49. The van der Waals surface area contributed by atoms with Crippen molar-refractivity contribution in [2.24, 2.45) is 0 Å². The number of aromatic nitrogens is 1. The Morgan fingerprint density at radius 3 is 2.79 bits per heavy atom. The molecule has 0 fully saturated rings. The molecule has 0 radical (unpaired) electrons. The van der Waals surface area contributed by atoms with Gasteiger partial charge in [0.05, 0.1) is 6.61 Å². The molecule has 0 aliphatic rings. The number of hydrogen-bond acceptors (Lipinski definition) is 3. The van der Waals surface area contributed by atoms with Crippen LogP contribution < -0.4 is 10.6 Å². The number of anilines is 1. The lowest BCUT2D eigenvalue weighted by atomic mass is 10.0. The molecule has 2 amide bonds. The van der Waals surface area contributed by atoms with Crippen LogP contribution >= 0.6 is 15.9 Å². The minimum atomic E-state index is -0.693. The smallest absolute Gasteiger partial charge is 0.247 e. The maximum Gasteiger partial charge on any atom is 0.247 e. The Balaban J connectivity index is 1.81. The van der Waals surface area contributed by atoms with Crippen molar-refractivity contribution < 1.29 is 14.3 Å². The summed E-state index contributed by atoms with van der Waals surface area (Å²) in [5.74, 6) is -0.525. The van der Waals surface area contributed by atoms with Crippen molar-refractivity contribution in [1.29, 1.82) is 0 Å². The van der Waals surface area contributed by atoms with Gasteiger partial charge in [0.15, 0.2) is 0 Å². The quantitative estimate of drug-likeness (QED) is 0.519. The average Bonchev–Trinajstić information content (AvgIpc) is 3.03. The van der Waals surface area contributed by atoms with Crippen molar-refractivity contribution in [1.82, 2.24) is 10.3 Å². The number of carbonyl (C=O) groups excluding carboxylic acids is 2. The minimum absolute atomic E-state index is 0.255. The molecule has 0 spiro atoms. The Hall–Kier alpha value is -2.64. The SMILES string of the molecule is COCc1cccc(NC(=O)[C@H](Cc2c[nH]c3ccc(Br)cc23)NC(C)=O)c1. The van der Waals surface area contributed by atoms with Gasteiger partial charge >= 0.3 is 0 Å². The highest BCUT2D eigenvalue weighted by Crippen LogP contribution is 2.24. The second-order valence-corrected chi connectivity index (χ2v) is 7.50. The van der Waals surface area contributed by atoms with Gasteiger partial charge in [-0.05, 0) is 41.5 Å². The van der Waals surface area contributed by atoms with Crippen LogP contribution in [0.2, 0.25) is 0 Å². The number of hydrogen-bond donors (Lipinski definition) is 3. The summed E-state index contributed by atoms with van der Waals surface area (Å²) < 4.78 is 6.09. The number of H-pyrrole nitrogens is 1. The zero-order valence-corrected chi connectivity index (χ0v) is 17.3. The highest BCUT2D eigenvalue weighted by molar-refractivity contribution is 9.10. The number of carbonyl (C=O) groups is 2. The maximum absolute atomic E-state index is 12.9. The molecular weight excluding hydrogens is 422 g/mol. The van der Waals surface area contributed by atoms with Gasteiger partial charge in [-0.25, -0.2) is 0 Å². The molecule has 1 aromatic heterocycles. The first-order chi connectivity index (χ1) is 13.5. The van der Waals surface area contributed by atoms with E-state index < -0.39 is 6.04 Å². The van der Waals surface area contributed by atoms with Crippen LogP contribution in [-0.4, -0.2) is 29.9 Å². The van der Waals surface area contributed by atoms with Gasteiger partial charge in [0.25, 0.3) is 0 Å². The van der Waals surface area contributed by atoms with E-state index in [-0.39, 0.29) is 11.8 Å². The van der Waals surface area contributed by atoms with Crippen molar-refractivity contribution in [3.8, 4) is 0 Å². The predicted octanol–water partition coefficient (Wildman–Crippen LogP) is 3.76. The molecule has 3 aromatic rings. The van der Waals surface area contributed by atoms with Crippen LogP contribution in [0.15, 0.2) is 53.1 Å². The normalized spacial score (nSPS) is 12.0. The van der Waals surface area contributed by atoms with Crippen LogP contribution in [0.5, 0.6) is 0 Å². The molecule has 0 saturated carbocycles. The van der Waals surface area contributed by atoms with Crippen LogP contribution in [0, 0.1) is 0 Å². The van der Waals surface area contributed by atoms with Gasteiger partial charge in [0, 0.05) is 47.7 Å². The van der Waals surface area contributed by atoms with E-state index in [9.17, 15) is 9.59 Å². The minimum Gasteiger partial charge on any atom is -0.380 e. The Morgan fingerprint density at radius 2 is 2.04 bits per heavy atom. The topological polar surface area (TPSA) is 83.2 Å². The van der Waals surface area contributed by atoms with Gasteiger partial charge < -0.3 is 20.4 Å². The molecule has 6 nitrogen and oxygen atoms in total. The highest BCUT2D eigenvalue weighted by atomic mass is 79.9. The summed E-state index contributed by atoms with van der Waals surface area (Å²) >= 11 is 3.48. The van der Waals surface area contributed by atoms with Crippen molar-refractivity contribution >= 4 is 44.3 Å². The summed E-state index contributed by atoms with van der Waals surface area (Å²) in [7, 11) is 1.62. The molecule has 0 bridgehead atoms. The van der Waals surface area contributed by atoms with Gasteiger partial charge in [0.2, 0.25) is 11.8 Å². The molecule has 7 heteroatoms. The monoisotopic (exact) mass is 443 g/mol.